The number of hydrogen-bond acceptors (Lipinski definition) is 4. The van der Waals surface area contributed by atoms with Crippen LogP contribution in [0.15, 0.2) is 10.7 Å². The van der Waals surface area contributed by atoms with E-state index < -0.39 is 0 Å². The number of rotatable bonds is 6. The number of Topliss-reactive ketones (excluding diaryl/α,β-unsaturated/α-hetero) is 1. The lowest BCUT2D eigenvalue weighted by Gasteiger charge is -2.22. The van der Waals surface area contributed by atoms with E-state index in [4.69, 9.17) is 5.73 Å². The molecule has 1 saturated carbocycles. The molecule has 1 aliphatic rings. The fraction of sp³-hybridized carbons (Fsp3) is 0.714. The van der Waals surface area contributed by atoms with Crippen molar-refractivity contribution in [2.75, 3.05) is 20.6 Å². The molecular formula is C14H23BrN4O. The maximum atomic E-state index is 12.6. The molecule has 1 aromatic heterocycles. The number of aromatic nitrogens is 2. The van der Waals surface area contributed by atoms with Gasteiger partial charge in [0.1, 0.15) is 5.69 Å². The van der Waals surface area contributed by atoms with E-state index in [2.05, 4.69) is 25.9 Å². The van der Waals surface area contributed by atoms with Crippen LogP contribution in [0.25, 0.3) is 0 Å². The van der Waals surface area contributed by atoms with Gasteiger partial charge in [-0.25, -0.2) is 0 Å². The van der Waals surface area contributed by atoms with Crippen LogP contribution in [-0.4, -0.2) is 46.6 Å². The molecule has 20 heavy (non-hydrogen) atoms. The molecule has 0 unspecified atom stereocenters. The molecular weight excluding hydrogens is 320 g/mol. The minimum Gasteiger partial charge on any atom is -0.325 e. The van der Waals surface area contributed by atoms with Gasteiger partial charge in [-0.3, -0.25) is 9.48 Å². The van der Waals surface area contributed by atoms with Gasteiger partial charge < -0.3 is 10.6 Å². The predicted molar refractivity (Wildman–Crippen MR) is 82.8 cm³/mol. The van der Waals surface area contributed by atoms with Crippen molar-refractivity contribution in [3.63, 3.8) is 0 Å². The topological polar surface area (TPSA) is 64.2 Å². The van der Waals surface area contributed by atoms with Crippen LogP contribution in [0, 0.1) is 0 Å². The molecule has 0 atom stereocenters. The molecule has 1 aliphatic carbocycles. The number of halogens is 1. The number of nitrogens with zero attached hydrogens (tertiary/aromatic N) is 3. The molecule has 0 bridgehead atoms. The first-order valence-corrected chi connectivity index (χ1v) is 7.89. The van der Waals surface area contributed by atoms with Crippen molar-refractivity contribution in [3.8, 4) is 0 Å². The highest BCUT2D eigenvalue weighted by Crippen LogP contribution is 2.32. The van der Waals surface area contributed by atoms with Crippen molar-refractivity contribution >= 4 is 21.7 Å². The molecule has 5 nitrogen and oxygen atoms in total. The smallest absolute Gasteiger partial charge is 0.183 e. The Morgan fingerprint density at radius 1 is 1.50 bits per heavy atom. The van der Waals surface area contributed by atoms with Gasteiger partial charge in [-0.1, -0.05) is 12.8 Å². The van der Waals surface area contributed by atoms with Gasteiger partial charge in [0.25, 0.3) is 0 Å². The maximum absolute atomic E-state index is 12.6. The summed E-state index contributed by atoms with van der Waals surface area (Å²) in [6, 6.07) is 0. The Labute approximate surface area is 128 Å². The molecule has 0 spiro atoms. The van der Waals surface area contributed by atoms with E-state index in [0.717, 1.165) is 36.7 Å². The van der Waals surface area contributed by atoms with E-state index in [1.165, 1.54) is 0 Å². The third kappa shape index (κ3) is 3.68. The van der Waals surface area contributed by atoms with E-state index >= 15 is 0 Å². The van der Waals surface area contributed by atoms with Crippen molar-refractivity contribution < 1.29 is 4.79 Å². The van der Waals surface area contributed by atoms with Gasteiger partial charge in [-0.2, -0.15) is 5.10 Å². The van der Waals surface area contributed by atoms with Crippen molar-refractivity contribution in [1.29, 1.82) is 0 Å². The van der Waals surface area contributed by atoms with Crippen molar-refractivity contribution in [2.45, 2.75) is 44.2 Å². The van der Waals surface area contributed by atoms with Crippen LogP contribution >= 0.6 is 15.9 Å². The van der Waals surface area contributed by atoms with Crippen LogP contribution in [-0.2, 0) is 6.54 Å². The number of ketones is 1. The molecule has 0 saturated heterocycles. The van der Waals surface area contributed by atoms with Gasteiger partial charge in [0.2, 0.25) is 0 Å². The summed E-state index contributed by atoms with van der Waals surface area (Å²) in [4.78, 5) is 14.6. The summed E-state index contributed by atoms with van der Waals surface area (Å²) >= 11 is 3.43. The predicted octanol–water partition coefficient (Wildman–Crippen LogP) is 2.05. The zero-order valence-electron chi connectivity index (χ0n) is 12.2. The minimum atomic E-state index is -0.312. The zero-order chi connectivity index (χ0) is 14.8. The van der Waals surface area contributed by atoms with E-state index in [1.807, 2.05) is 14.1 Å². The molecule has 1 fully saturated rings. The average molecular weight is 343 g/mol. The van der Waals surface area contributed by atoms with Gasteiger partial charge in [0.05, 0.1) is 17.2 Å². The first-order chi connectivity index (χ1) is 9.41. The summed E-state index contributed by atoms with van der Waals surface area (Å²) in [7, 11) is 4.01. The van der Waals surface area contributed by atoms with Crippen molar-refractivity contribution in [1.82, 2.24) is 14.7 Å². The summed E-state index contributed by atoms with van der Waals surface area (Å²) in [6.07, 6.45) is 6.26. The Kier molecular flexibility index (Phi) is 4.99. The summed E-state index contributed by atoms with van der Waals surface area (Å²) in [5.74, 6) is 0.0949. The van der Waals surface area contributed by atoms with E-state index in [0.29, 0.717) is 18.7 Å². The van der Waals surface area contributed by atoms with Gasteiger partial charge in [0, 0.05) is 18.5 Å². The Bertz CT molecular complexity index is 478. The highest BCUT2D eigenvalue weighted by molar-refractivity contribution is 9.10. The van der Waals surface area contributed by atoms with E-state index in [-0.39, 0.29) is 11.3 Å². The molecule has 0 aliphatic heterocycles. The molecule has 0 amide bonds. The van der Waals surface area contributed by atoms with Crippen molar-refractivity contribution in [2.24, 2.45) is 5.73 Å². The molecule has 0 aromatic carbocycles. The zero-order valence-corrected chi connectivity index (χ0v) is 13.8. The van der Waals surface area contributed by atoms with Crippen LogP contribution in [0.5, 0.6) is 0 Å². The summed E-state index contributed by atoms with van der Waals surface area (Å²) in [5.41, 5.74) is 6.66. The quantitative estimate of drug-likeness (QED) is 0.803. The summed E-state index contributed by atoms with van der Waals surface area (Å²) < 4.78 is 2.55. The van der Waals surface area contributed by atoms with E-state index in [1.54, 1.807) is 10.9 Å². The van der Waals surface area contributed by atoms with Crippen LogP contribution in [0.3, 0.4) is 0 Å². The van der Waals surface area contributed by atoms with Gasteiger partial charge in [0.15, 0.2) is 5.78 Å². The fourth-order valence-corrected chi connectivity index (χ4v) is 3.28. The lowest BCUT2D eigenvalue weighted by molar-refractivity contribution is 0.0940. The Balaban J connectivity index is 2.10. The Morgan fingerprint density at radius 2 is 2.15 bits per heavy atom. The van der Waals surface area contributed by atoms with Crippen molar-refractivity contribution in [3.05, 3.63) is 16.4 Å². The van der Waals surface area contributed by atoms with Gasteiger partial charge in [-0.15, -0.1) is 0 Å². The molecule has 2 rings (SSSR count). The first kappa shape index (κ1) is 15.7. The third-order valence-corrected chi connectivity index (χ3v) is 4.51. The maximum Gasteiger partial charge on any atom is 0.183 e. The average Bonchev–Trinajstić information content (AvgIpc) is 2.93. The minimum absolute atomic E-state index is 0.0949. The Hall–Kier alpha value is -0.720. The normalized spacial score (nSPS) is 17.9. The number of hydrogen-bond donors (Lipinski definition) is 1. The molecule has 1 heterocycles. The molecule has 1 aromatic rings. The Morgan fingerprint density at radius 3 is 2.75 bits per heavy atom. The molecule has 2 N–H and O–H groups in total. The van der Waals surface area contributed by atoms with Crippen LogP contribution in [0.1, 0.15) is 42.6 Å². The second-order valence-corrected chi connectivity index (χ2v) is 6.89. The fourth-order valence-electron chi connectivity index (χ4n) is 2.76. The molecule has 6 heteroatoms. The summed E-state index contributed by atoms with van der Waals surface area (Å²) in [5, 5.41) is 4.29. The second-order valence-electron chi connectivity index (χ2n) is 6.04. The third-order valence-electron chi connectivity index (χ3n) is 3.93. The SMILES string of the molecule is CN(C)CCn1ncc(Br)c1C(=O)CC1(N)CCCC1. The largest absolute Gasteiger partial charge is 0.325 e. The molecule has 112 valence electrons. The van der Waals surface area contributed by atoms with E-state index in [9.17, 15) is 4.79 Å². The second kappa shape index (κ2) is 6.37. The molecule has 0 radical (unpaired) electrons. The highest BCUT2D eigenvalue weighted by Gasteiger charge is 2.33. The van der Waals surface area contributed by atoms with Gasteiger partial charge >= 0.3 is 0 Å². The monoisotopic (exact) mass is 342 g/mol. The highest BCUT2D eigenvalue weighted by atomic mass is 79.9. The standard InChI is InChI=1S/C14H23BrN4O/c1-18(2)7-8-19-13(11(15)10-17-19)12(20)9-14(16)5-3-4-6-14/h10H,3-9,16H2,1-2H3. The number of carbonyl (C=O) groups excluding carboxylic acids is 1. The summed E-state index contributed by atoms with van der Waals surface area (Å²) in [6.45, 7) is 1.55. The lowest BCUT2D eigenvalue weighted by Crippen LogP contribution is -2.39. The lowest BCUT2D eigenvalue weighted by atomic mass is 9.91. The van der Waals surface area contributed by atoms with Crippen LogP contribution in [0.4, 0.5) is 0 Å². The number of nitrogens with two attached hydrogens (primary N) is 1. The van der Waals surface area contributed by atoms with Gasteiger partial charge in [-0.05, 0) is 42.9 Å². The van der Waals surface area contributed by atoms with Crippen LogP contribution < -0.4 is 5.73 Å². The number of carbonyl (C=O) groups is 1. The number of likely N-dealkylation sites (N-methyl/N-ethyl adjacent to an activating group) is 1. The first-order valence-electron chi connectivity index (χ1n) is 7.09. The van der Waals surface area contributed by atoms with Crippen LogP contribution in [0.2, 0.25) is 0 Å².